The van der Waals surface area contributed by atoms with Crippen molar-refractivity contribution in [1.29, 1.82) is 0 Å². The van der Waals surface area contributed by atoms with Crippen LogP contribution in [-0.2, 0) is 4.74 Å². The molecular formula is C20H21ClN4O2. The molecule has 0 aliphatic carbocycles. The number of nitrogens with one attached hydrogen (secondary N) is 2. The van der Waals surface area contributed by atoms with Gasteiger partial charge in [-0.3, -0.25) is 0 Å². The van der Waals surface area contributed by atoms with Crippen LogP contribution in [0.3, 0.4) is 0 Å². The van der Waals surface area contributed by atoms with Crippen LogP contribution < -0.4 is 15.4 Å². The van der Waals surface area contributed by atoms with Crippen LogP contribution in [0.5, 0.6) is 5.75 Å². The summed E-state index contributed by atoms with van der Waals surface area (Å²) in [6.07, 6.45) is 2.40. The van der Waals surface area contributed by atoms with Gasteiger partial charge in [0, 0.05) is 23.6 Å². The zero-order chi connectivity index (χ0) is 18.6. The van der Waals surface area contributed by atoms with Crippen LogP contribution in [0.1, 0.15) is 12.8 Å². The van der Waals surface area contributed by atoms with Gasteiger partial charge in [0.25, 0.3) is 0 Å². The molecule has 0 spiro atoms. The Kier molecular flexibility index (Phi) is 5.27. The Bertz CT molecular complexity index is 944. The molecule has 27 heavy (non-hydrogen) atoms. The van der Waals surface area contributed by atoms with Crippen molar-refractivity contribution in [1.82, 2.24) is 9.97 Å². The van der Waals surface area contributed by atoms with Crippen LogP contribution in [-0.4, -0.2) is 36.3 Å². The molecule has 0 unspecified atom stereocenters. The lowest BCUT2D eigenvalue weighted by Gasteiger charge is -2.15. The molecule has 1 saturated heterocycles. The van der Waals surface area contributed by atoms with Crippen molar-refractivity contribution in [2.45, 2.75) is 18.9 Å². The summed E-state index contributed by atoms with van der Waals surface area (Å²) in [7, 11) is 1.62. The van der Waals surface area contributed by atoms with Crippen molar-refractivity contribution >= 4 is 40.0 Å². The third-order valence-electron chi connectivity index (χ3n) is 4.53. The third-order valence-corrected chi connectivity index (χ3v) is 4.77. The number of benzene rings is 2. The fraction of sp³-hybridized carbons (Fsp3) is 0.300. The Hall–Kier alpha value is -2.57. The number of anilines is 3. The molecule has 6 nitrogen and oxygen atoms in total. The second-order valence-electron chi connectivity index (χ2n) is 6.40. The summed E-state index contributed by atoms with van der Waals surface area (Å²) in [6, 6.07) is 13.3. The number of ether oxygens (including phenoxy) is 2. The maximum absolute atomic E-state index is 6.13. The van der Waals surface area contributed by atoms with Gasteiger partial charge in [-0.1, -0.05) is 23.7 Å². The van der Waals surface area contributed by atoms with E-state index in [9.17, 15) is 0 Å². The normalized spacial score (nSPS) is 16.4. The van der Waals surface area contributed by atoms with Gasteiger partial charge in [0.1, 0.15) is 11.6 Å². The number of para-hydroxylation sites is 1. The quantitative estimate of drug-likeness (QED) is 0.646. The summed E-state index contributed by atoms with van der Waals surface area (Å²) in [5, 5.41) is 8.22. The first-order valence-corrected chi connectivity index (χ1v) is 9.33. The SMILES string of the molecule is COc1ccc(Cl)cc1Nc1nc(NC[C@H]2CCCO2)c2ccccc2n1. The van der Waals surface area contributed by atoms with Crippen molar-refractivity contribution in [2.75, 3.05) is 30.9 Å². The molecular weight excluding hydrogens is 364 g/mol. The molecule has 1 aliphatic rings. The van der Waals surface area contributed by atoms with Crippen molar-refractivity contribution in [3.8, 4) is 5.75 Å². The lowest BCUT2D eigenvalue weighted by Crippen LogP contribution is -2.19. The highest BCUT2D eigenvalue weighted by Crippen LogP contribution is 2.31. The highest BCUT2D eigenvalue weighted by atomic mass is 35.5. The molecule has 0 amide bonds. The van der Waals surface area contributed by atoms with Crippen LogP contribution in [0.15, 0.2) is 42.5 Å². The summed E-state index contributed by atoms with van der Waals surface area (Å²) >= 11 is 6.13. The average Bonchev–Trinajstić information content (AvgIpc) is 3.20. The Morgan fingerprint density at radius 1 is 1.22 bits per heavy atom. The number of methoxy groups -OCH3 is 1. The molecule has 0 bridgehead atoms. The lowest BCUT2D eigenvalue weighted by molar-refractivity contribution is 0.120. The summed E-state index contributed by atoms with van der Waals surface area (Å²) in [4.78, 5) is 9.30. The summed E-state index contributed by atoms with van der Waals surface area (Å²) in [5.41, 5.74) is 1.57. The smallest absolute Gasteiger partial charge is 0.229 e. The predicted octanol–water partition coefficient (Wildman–Crippen LogP) is 4.63. The second kappa shape index (κ2) is 7.98. The molecule has 2 heterocycles. The molecule has 140 valence electrons. The summed E-state index contributed by atoms with van der Waals surface area (Å²) in [6.45, 7) is 1.55. The van der Waals surface area contributed by atoms with Crippen molar-refractivity contribution in [2.24, 2.45) is 0 Å². The molecule has 0 radical (unpaired) electrons. The van der Waals surface area contributed by atoms with E-state index < -0.39 is 0 Å². The van der Waals surface area contributed by atoms with E-state index in [0.717, 1.165) is 42.7 Å². The Balaban J connectivity index is 1.65. The van der Waals surface area contributed by atoms with Gasteiger partial charge in [-0.2, -0.15) is 4.98 Å². The van der Waals surface area contributed by atoms with E-state index in [1.165, 1.54) is 0 Å². The molecule has 1 aromatic heterocycles. The first kappa shape index (κ1) is 17.8. The number of aromatic nitrogens is 2. The van der Waals surface area contributed by atoms with E-state index in [0.29, 0.717) is 22.4 Å². The lowest BCUT2D eigenvalue weighted by atomic mass is 10.2. The number of halogens is 1. The highest BCUT2D eigenvalue weighted by molar-refractivity contribution is 6.31. The van der Waals surface area contributed by atoms with Crippen molar-refractivity contribution in [3.63, 3.8) is 0 Å². The summed E-state index contributed by atoms with van der Waals surface area (Å²) < 4.78 is 11.1. The first-order valence-electron chi connectivity index (χ1n) is 8.96. The van der Waals surface area contributed by atoms with Crippen LogP contribution >= 0.6 is 11.6 Å². The predicted molar refractivity (Wildman–Crippen MR) is 108 cm³/mol. The zero-order valence-electron chi connectivity index (χ0n) is 15.0. The topological polar surface area (TPSA) is 68.3 Å². The van der Waals surface area contributed by atoms with Gasteiger partial charge in [-0.15, -0.1) is 0 Å². The van der Waals surface area contributed by atoms with E-state index in [-0.39, 0.29) is 6.10 Å². The van der Waals surface area contributed by atoms with E-state index in [1.807, 2.05) is 30.3 Å². The minimum Gasteiger partial charge on any atom is -0.495 e. The molecule has 2 N–H and O–H groups in total. The monoisotopic (exact) mass is 384 g/mol. The Morgan fingerprint density at radius 2 is 2.11 bits per heavy atom. The Morgan fingerprint density at radius 3 is 2.93 bits per heavy atom. The minimum atomic E-state index is 0.225. The van der Waals surface area contributed by atoms with Gasteiger partial charge in [0.05, 0.1) is 24.4 Å². The summed E-state index contributed by atoms with van der Waals surface area (Å²) in [5.74, 6) is 1.92. The maximum atomic E-state index is 6.13. The van der Waals surface area contributed by atoms with Crippen LogP contribution in [0.4, 0.5) is 17.5 Å². The number of hydrogen-bond acceptors (Lipinski definition) is 6. The Labute approximate surface area is 162 Å². The van der Waals surface area contributed by atoms with Gasteiger partial charge in [0.15, 0.2) is 0 Å². The molecule has 7 heteroatoms. The number of nitrogens with zero attached hydrogens (tertiary/aromatic N) is 2. The molecule has 1 aliphatic heterocycles. The zero-order valence-corrected chi connectivity index (χ0v) is 15.8. The molecule has 1 atom stereocenters. The van der Waals surface area contributed by atoms with E-state index in [4.69, 9.17) is 21.1 Å². The van der Waals surface area contributed by atoms with E-state index >= 15 is 0 Å². The van der Waals surface area contributed by atoms with Crippen LogP contribution in [0.2, 0.25) is 5.02 Å². The van der Waals surface area contributed by atoms with Crippen molar-refractivity contribution in [3.05, 3.63) is 47.5 Å². The van der Waals surface area contributed by atoms with Crippen LogP contribution in [0, 0.1) is 0 Å². The van der Waals surface area contributed by atoms with Gasteiger partial charge in [-0.25, -0.2) is 4.98 Å². The highest BCUT2D eigenvalue weighted by Gasteiger charge is 2.16. The van der Waals surface area contributed by atoms with E-state index in [2.05, 4.69) is 20.6 Å². The van der Waals surface area contributed by atoms with Gasteiger partial charge >= 0.3 is 0 Å². The molecule has 3 aromatic rings. The molecule has 2 aromatic carbocycles. The molecule has 0 saturated carbocycles. The molecule has 1 fully saturated rings. The maximum Gasteiger partial charge on any atom is 0.229 e. The standard InChI is InChI=1S/C20H21ClN4O2/c1-26-18-9-8-13(21)11-17(18)24-20-23-16-7-3-2-6-15(16)19(25-20)22-12-14-5-4-10-27-14/h2-3,6-9,11,14H,4-5,10,12H2,1H3,(H2,22,23,24,25)/t14-/m1/s1. The van der Waals surface area contributed by atoms with Gasteiger partial charge in [-0.05, 0) is 43.2 Å². The van der Waals surface area contributed by atoms with Gasteiger partial charge in [0.2, 0.25) is 5.95 Å². The molecule has 4 rings (SSSR count). The largest absolute Gasteiger partial charge is 0.495 e. The fourth-order valence-corrected chi connectivity index (χ4v) is 3.35. The third kappa shape index (κ3) is 4.07. The van der Waals surface area contributed by atoms with E-state index in [1.54, 1.807) is 19.2 Å². The number of hydrogen-bond donors (Lipinski definition) is 2. The average molecular weight is 385 g/mol. The van der Waals surface area contributed by atoms with Crippen molar-refractivity contribution < 1.29 is 9.47 Å². The number of fused-ring (bicyclic) bond motifs is 1. The first-order chi connectivity index (χ1) is 13.2. The number of rotatable bonds is 6. The van der Waals surface area contributed by atoms with Crippen LogP contribution in [0.25, 0.3) is 10.9 Å². The fourth-order valence-electron chi connectivity index (χ4n) is 3.18. The second-order valence-corrected chi connectivity index (χ2v) is 6.83. The van der Waals surface area contributed by atoms with Gasteiger partial charge < -0.3 is 20.1 Å². The minimum absolute atomic E-state index is 0.225.